The molecule has 28 heavy (non-hydrogen) atoms. The molecule has 0 radical (unpaired) electrons. The topological polar surface area (TPSA) is 24.7 Å². The van der Waals surface area contributed by atoms with E-state index in [0.717, 1.165) is 35.6 Å². The molecule has 3 heterocycles. The van der Waals surface area contributed by atoms with Crippen molar-refractivity contribution >= 4 is 57.5 Å². The first-order valence-corrected chi connectivity index (χ1v) is 11.1. The van der Waals surface area contributed by atoms with Crippen molar-refractivity contribution in [3.8, 4) is 0 Å². The van der Waals surface area contributed by atoms with Crippen molar-refractivity contribution in [1.29, 1.82) is 0 Å². The van der Waals surface area contributed by atoms with Crippen LogP contribution in [0.15, 0.2) is 90.3 Å². The molecule has 0 atom stereocenters. The van der Waals surface area contributed by atoms with Crippen molar-refractivity contribution in [2.45, 2.75) is 12.8 Å². The molecule has 5 aliphatic rings. The molecule has 0 bridgehead atoms. The minimum atomic E-state index is 0.978. The maximum absolute atomic E-state index is 4.98. The molecule has 2 nitrogen and oxygen atoms in total. The van der Waals surface area contributed by atoms with Crippen molar-refractivity contribution in [3.05, 3.63) is 91.4 Å². The van der Waals surface area contributed by atoms with E-state index in [2.05, 4.69) is 60.7 Å². The normalized spacial score (nSPS) is 20.9. The van der Waals surface area contributed by atoms with Crippen LogP contribution >= 0.6 is 23.5 Å². The van der Waals surface area contributed by atoms with E-state index in [1.807, 2.05) is 23.5 Å². The van der Waals surface area contributed by atoms with E-state index >= 15 is 0 Å². The average Bonchev–Trinajstić information content (AvgIpc) is 3.31. The Morgan fingerprint density at radius 1 is 0.607 bits per heavy atom. The Morgan fingerprint density at radius 2 is 1.07 bits per heavy atom. The number of thioether (sulfide) groups is 2. The standard InChI is InChI=1S/C24H14N2S2/c1-3-7-17-13(5-1)15-9-11-19-23(21(15)25-17)27-20-12-10-16-14-6-2-4-8-18(14)26-22(16)24(20)28-19/h1-10H,11-12H2. The summed E-state index contributed by atoms with van der Waals surface area (Å²) >= 11 is 3.83. The van der Waals surface area contributed by atoms with Crippen LogP contribution in [0.5, 0.6) is 0 Å². The van der Waals surface area contributed by atoms with Crippen molar-refractivity contribution in [1.82, 2.24) is 0 Å². The third kappa shape index (κ3) is 1.97. The summed E-state index contributed by atoms with van der Waals surface area (Å²) in [5, 5.41) is 0. The minimum absolute atomic E-state index is 0.978. The molecule has 0 amide bonds. The van der Waals surface area contributed by atoms with Gasteiger partial charge in [0.15, 0.2) is 0 Å². The number of benzene rings is 2. The SMILES string of the molecule is C1=C2C(=Nc3ccccc32)C2=C(C1)SC1=C(CC=C3C1=Nc1ccccc13)S2. The Bertz CT molecular complexity index is 1200. The maximum atomic E-state index is 4.98. The van der Waals surface area contributed by atoms with E-state index in [9.17, 15) is 0 Å². The van der Waals surface area contributed by atoms with E-state index in [-0.39, 0.29) is 0 Å². The summed E-state index contributed by atoms with van der Waals surface area (Å²) in [6.07, 6.45) is 6.66. The number of hydrogen-bond acceptors (Lipinski definition) is 4. The zero-order valence-corrected chi connectivity index (χ0v) is 16.5. The van der Waals surface area contributed by atoms with Gasteiger partial charge in [-0.25, -0.2) is 9.98 Å². The number of para-hydroxylation sites is 2. The lowest BCUT2D eigenvalue weighted by Gasteiger charge is -2.29. The lowest BCUT2D eigenvalue weighted by Crippen LogP contribution is -2.14. The molecule has 0 saturated carbocycles. The number of aliphatic imine (C=N–C) groups is 2. The molecular formula is C24H14N2S2. The van der Waals surface area contributed by atoms with Gasteiger partial charge in [0.25, 0.3) is 0 Å². The monoisotopic (exact) mass is 394 g/mol. The summed E-state index contributed by atoms with van der Waals surface area (Å²) < 4.78 is 0. The highest BCUT2D eigenvalue weighted by atomic mass is 32.2. The van der Waals surface area contributed by atoms with Gasteiger partial charge >= 0.3 is 0 Å². The van der Waals surface area contributed by atoms with Crippen LogP contribution in [0.2, 0.25) is 0 Å². The number of allylic oxidation sites excluding steroid dienone is 8. The lowest BCUT2D eigenvalue weighted by molar-refractivity contribution is 1.32. The summed E-state index contributed by atoms with van der Waals surface area (Å²) in [6.45, 7) is 0. The van der Waals surface area contributed by atoms with Crippen LogP contribution in [0.25, 0.3) is 11.1 Å². The van der Waals surface area contributed by atoms with Crippen LogP contribution < -0.4 is 0 Å². The third-order valence-electron chi connectivity index (χ3n) is 5.73. The molecule has 3 aliphatic heterocycles. The molecule has 132 valence electrons. The molecule has 0 aromatic heterocycles. The van der Waals surface area contributed by atoms with Crippen molar-refractivity contribution < 1.29 is 0 Å². The number of nitrogens with zero attached hydrogens (tertiary/aromatic N) is 2. The van der Waals surface area contributed by atoms with Gasteiger partial charge in [0.1, 0.15) is 0 Å². The van der Waals surface area contributed by atoms with Gasteiger partial charge in [-0.05, 0) is 25.0 Å². The highest BCUT2D eigenvalue weighted by Crippen LogP contribution is 2.57. The van der Waals surface area contributed by atoms with Crippen LogP contribution in [0.4, 0.5) is 11.4 Å². The fourth-order valence-electron chi connectivity index (χ4n) is 4.45. The van der Waals surface area contributed by atoms with E-state index in [4.69, 9.17) is 9.98 Å². The Hall–Kier alpha value is -2.56. The summed E-state index contributed by atoms with van der Waals surface area (Å²) in [5.74, 6) is 0. The van der Waals surface area contributed by atoms with Gasteiger partial charge < -0.3 is 0 Å². The second kappa shape index (κ2) is 5.49. The fraction of sp³-hybridized carbons (Fsp3) is 0.0833. The first-order valence-electron chi connectivity index (χ1n) is 9.47. The van der Waals surface area contributed by atoms with Gasteiger partial charge in [0.2, 0.25) is 0 Å². The number of hydrogen-bond donors (Lipinski definition) is 0. The summed E-state index contributed by atoms with van der Waals surface area (Å²) in [7, 11) is 0. The molecule has 0 N–H and O–H groups in total. The van der Waals surface area contributed by atoms with Gasteiger partial charge in [-0.3, -0.25) is 0 Å². The van der Waals surface area contributed by atoms with Gasteiger partial charge in [-0.2, -0.15) is 0 Å². The summed E-state index contributed by atoms with van der Waals surface area (Å²) in [6, 6.07) is 17.0. The Labute approximate surface area is 171 Å². The van der Waals surface area contributed by atoms with Crippen LogP contribution in [-0.4, -0.2) is 11.4 Å². The largest absolute Gasteiger partial charge is 0.247 e. The van der Waals surface area contributed by atoms with Crippen LogP contribution in [-0.2, 0) is 0 Å². The van der Waals surface area contributed by atoms with Gasteiger partial charge in [0, 0.05) is 41.9 Å². The second-order valence-electron chi connectivity index (χ2n) is 7.31. The predicted molar refractivity (Wildman–Crippen MR) is 121 cm³/mol. The highest BCUT2D eigenvalue weighted by molar-refractivity contribution is 8.14. The molecule has 7 rings (SSSR count). The van der Waals surface area contributed by atoms with Gasteiger partial charge in [-0.15, -0.1) is 0 Å². The Balaban J connectivity index is 1.29. The molecule has 0 saturated heterocycles. The van der Waals surface area contributed by atoms with E-state index in [0.29, 0.717) is 0 Å². The Kier molecular flexibility index (Phi) is 3.02. The zero-order valence-electron chi connectivity index (χ0n) is 14.9. The number of fused-ring (bicyclic) bond motifs is 8. The molecule has 4 heteroatoms. The van der Waals surface area contributed by atoms with Gasteiger partial charge in [-0.1, -0.05) is 72.1 Å². The first-order chi connectivity index (χ1) is 13.9. The first kappa shape index (κ1) is 15.4. The lowest BCUT2D eigenvalue weighted by atomic mass is 9.97. The zero-order chi connectivity index (χ0) is 18.2. The van der Waals surface area contributed by atoms with Crippen molar-refractivity contribution in [2.75, 3.05) is 0 Å². The number of rotatable bonds is 0. The Morgan fingerprint density at radius 3 is 1.57 bits per heavy atom. The van der Waals surface area contributed by atoms with Gasteiger partial charge in [0.05, 0.1) is 22.8 Å². The van der Waals surface area contributed by atoms with Crippen LogP contribution in [0, 0.1) is 0 Å². The molecule has 2 aromatic rings. The molecule has 0 spiro atoms. The summed E-state index contributed by atoms with van der Waals surface area (Å²) in [4.78, 5) is 15.5. The predicted octanol–water partition coefficient (Wildman–Crippen LogP) is 7.04. The molecule has 2 aliphatic carbocycles. The van der Waals surface area contributed by atoms with E-state index < -0.39 is 0 Å². The molecule has 2 aromatic carbocycles. The smallest absolute Gasteiger partial charge is 0.0860 e. The van der Waals surface area contributed by atoms with Crippen molar-refractivity contribution in [3.63, 3.8) is 0 Å². The van der Waals surface area contributed by atoms with Crippen molar-refractivity contribution in [2.24, 2.45) is 9.98 Å². The average molecular weight is 395 g/mol. The third-order valence-corrected chi connectivity index (χ3v) is 8.51. The fourth-order valence-corrected chi connectivity index (χ4v) is 7.05. The van der Waals surface area contributed by atoms with Crippen LogP contribution in [0.1, 0.15) is 24.0 Å². The second-order valence-corrected chi connectivity index (χ2v) is 9.52. The maximum Gasteiger partial charge on any atom is 0.0860 e. The van der Waals surface area contributed by atoms with Crippen LogP contribution in [0.3, 0.4) is 0 Å². The molecule has 0 fully saturated rings. The van der Waals surface area contributed by atoms with E-state index in [1.54, 1.807) is 0 Å². The molecule has 0 unspecified atom stereocenters. The quantitative estimate of drug-likeness (QED) is 0.479. The highest BCUT2D eigenvalue weighted by Gasteiger charge is 2.37. The summed E-state index contributed by atoms with van der Waals surface area (Å²) in [5.41, 5.74) is 9.70. The molecular weight excluding hydrogens is 380 g/mol. The minimum Gasteiger partial charge on any atom is -0.247 e. The van der Waals surface area contributed by atoms with E-state index in [1.165, 1.54) is 41.9 Å².